The number of fused-ring (bicyclic) bond motifs is 2. The number of carbonyl (C=O) groups is 2. The van der Waals surface area contributed by atoms with Gasteiger partial charge in [-0.05, 0) is 53.9 Å². The van der Waals surface area contributed by atoms with Crippen molar-refractivity contribution in [2.45, 2.75) is 12.8 Å². The zero-order chi connectivity index (χ0) is 33.3. The molecule has 0 radical (unpaired) electrons. The van der Waals surface area contributed by atoms with E-state index in [2.05, 4.69) is 24.8 Å². The van der Waals surface area contributed by atoms with Gasteiger partial charge in [0.1, 0.15) is 24.4 Å². The molecule has 4 aliphatic rings. The number of rotatable bonds is 16. The maximum absolute atomic E-state index is 13.2. The first-order valence-corrected chi connectivity index (χ1v) is 16.3. The minimum atomic E-state index is -1.08. The van der Waals surface area contributed by atoms with Crippen LogP contribution in [0.5, 0.6) is 0 Å². The molecule has 1 amide bonds. The van der Waals surface area contributed by atoms with Crippen LogP contribution < -0.4 is 20.1 Å². The Morgan fingerprint density at radius 2 is 1.69 bits per heavy atom. The molecule has 0 atom stereocenters. The fraction of sp³-hybridized carbons (Fsp3) is 0.400. The number of carboxylic acid groups (broad SMARTS) is 1. The molecular formula is C35H39N6O7+. The number of azide groups is 1. The van der Waals surface area contributed by atoms with Gasteiger partial charge in [0, 0.05) is 71.0 Å². The molecule has 13 heteroatoms. The number of nitrogens with one attached hydrogen (secondary N) is 1. The lowest BCUT2D eigenvalue weighted by molar-refractivity contribution is 0.0166. The molecule has 3 heterocycles. The van der Waals surface area contributed by atoms with Gasteiger partial charge in [-0.1, -0.05) is 5.11 Å². The van der Waals surface area contributed by atoms with Gasteiger partial charge in [-0.25, -0.2) is 9.37 Å². The summed E-state index contributed by atoms with van der Waals surface area (Å²) in [5, 5.41) is 18.4. The number of amides is 1. The largest absolute Gasteiger partial charge is 0.478 e. The lowest BCUT2D eigenvalue weighted by Gasteiger charge is -2.33. The summed E-state index contributed by atoms with van der Waals surface area (Å²) in [4.78, 5) is 30.7. The normalized spacial score (nSPS) is 14.0. The van der Waals surface area contributed by atoms with E-state index in [9.17, 15) is 14.7 Å². The van der Waals surface area contributed by atoms with Crippen molar-refractivity contribution in [3.8, 4) is 22.5 Å². The van der Waals surface area contributed by atoms with E-state index in [1.165, 1.54) is 12.1 Å². The maximum atomic E-state index is 13.2. The van der Waals surface area contributed by atoms with Crippen molar-refractivity contribution < 1.29 is 33.3 Å². The molecule has 0 bridgehead atoms. The third kappa shape index (κ3) is 7.61. The van der Waals surface area contributed by atoms with Crippen LogP contribution in [0.25, 0.3) is 43.9 Å². The third-order valence-corrected chi connectivity index (χ3v) is 8.59. The number of ether oxygens (including phenoxy) is 3. The number of benzene rings is 3. The summed E-state index contributed by atoms with van der Waals surface area (Å²) < 4.78 is 25.1. The Bertz CT molecular complexity index is 1870. The molecule has 0 unspecified atom stereocenters. The molecule has 0 spiro atoms. The summed E-state index contributed by atoms with van der Waals surface area (Å²) in [5.74, 6) is -0.753. The second kappa shape index (κ2) is 15.8. The van der Waals surface area contributed by atoms with Gasteiger partial charge in [-0.15, -0.1) is 0 Å². The van der Waals surface area contributed by atoms with E-state index in [1.54, 1.807) is 6.07 Å². The van der Waals surface area contributed by atoms with Crippen molar-refractivity contribution in [2.75, 3.05) is 83.8 Å². The SMILES string of the molecule is [N-]=[N+]=NCCOCCOCCOCCNC(=O)c1ccc(C(=O)O)c(-c2c3ccc(=[N+]4CCC4)cc-3oc3cc(N4CCC4)ccc23)c1. The monoisotopic (exact) mass is 655 g/mol. The number of hydrogen-bond acceptors (Lipinski definition) is 8. The number of anilines is 1. The van der Waals surface area contributed by atoms with E-state index in [0.717, 1.165) is 61.0 Å². The van der Waals surface area contributed by atoms with Gasteiger partial charge in [-0.3, -0.25) is 4.79 Å². The summed E-state index contributed by atoms with van der Waals surface area (Å²) in [6, 6.07) is 16.8. The zero-order valence-electron chi connectivity index (χ0n) is 26.7. The van der Waals surface area contributed by atoms with Gasteiger partial charge < -0.3 is 34.0 Å². The van der Waals surface area contributed by atoms with Crippen LogP contribution in [-0.2, 0) is 14.2 Å². The first-order valence-electron chi connectivity index (χ1n) is 16.3. The Hall–Kier alpha value is -4.94. The van der Waals surface area contributed by atoms with E-state index in [1.807, 2.05) is 36.4 Å². The molecule has 1 aliphatic carbocycles. The standard InChI is InChI=1S/C35H38N6O7/c36-39-38-10-16-46-18-20-47-19-17-45-15-9-37-34(42)24-3-6-27(35(43)44)30(21-24)33-28-7-4-25(40-11-1-12-40)22-31(28)48-32-23-26(5-8-29(32)33)41-13-2-14-41/h3-8,21-23H,1-2,9-20H2,(H-,37,42,43,44)/p+1. The predicted octanol–water partition coefficient (Wildman–Crippen LogP) is 4.38. The average molecular weight is 656 g/mol. The first-order chi connectivity index (χ1) is 23.5. The molecule has 2 aromatic carbocycles. The molecule has 2 aromatic rings. The van der Waals surface area contributed by atoms with Gasteiger partial charge >= 0.3 is 5.97 Å². The number of aromatic carboxylic acids is 1. The highest BCUT2D eigenvalue weighted by molar-refractivity contribution is 6.09. The van der Waals surface area contributed by atoms with Gasteiger partial charge in [0.25, 0.3) is 5.91 Å². The molecular weight excluding hydrogens is 616 g/mol. The van der Waals surface area contributed by atoms with E-state index >= 15 is 0 Å². The molecule has 3 aliphatic heterocycles. The van der Waals surface area contributed by atoms with Gasteiger partial charge in [0.2, 0.25) is 5.36 Å². The summed E-state index contributed by atoms with van der Waals surface area (Å²) in [6.07, 6.45) is 2.29. The van der Waals surface area contributed by atoms with E-state index in [4.69, 9.17) is 24.2 Å². The number of carbonyl (C=O) groups excluding carboxylic acids is 1. The van der Waals surface area contributed by atoms with E-state index < -0.39 is 5.97 Å². The molecule has 2 fully saturated rings. The summed E-state index contributed by atoms with van der Waals surface area (Å²) in [7, 11) is 0. The lowest BCUT2D eigenvalue weighted by atomic mass is 9.89. The van der Waals surface area contributed by atoms with Gasteiger partial charge in [0.05, 0.1) is 57.7 Å². The van der Waals surface area contributed by atoms with Crippen LogP contribution in [-0.4, -0.2) is 95.9 Å². The summed E-state index contributed by atoms with van der Waals surface area (Å²) in [5.41, 5.74) is 12.3. The summed E-state index contributed by atoms with van der Waals surface area (Å²) in [6.45, 7) is 6.64. The van der Waals surface area contributed by atoms with Crippen LogP contribution in [0.4, 0.5) is 5.69 Å². The molecule has 0 aromatic heterocycles. The van der Waals surface area contributed by atoms with Crippen molar-refractivity contribution in [1.82, 2.24) is 9.89 Å². The van der Waals surface area contributed by atoms with Crippen LogP contribution in [0.15, 0.2) is 64.1 Å². The quantitative estimate of drug-likeness (QED) is 0.0449. The molecule has 250 valence electrons. The number of nitrogens with zero attached hydrogens (tertiary/aromatic N) is 5. The first kappa shape index (κ1) is 33.0. The topological polar surface area (TPSA) is 162 Å². The minimum Gasteiger partial charge on any atom is -0.478 e. The second-order valence-electron chi connectivity index (χ2n) is 11.6. The Morgan fingerprint density at radius 1 is 0.917 bits per heavy atom. The molecule has 6 rings (SSSR count). The maximum Gasteiger partial charge on any atom is 0.336 e. The van der Waals surface area contributed by atoms with Crippen molar-refractivity contribution >= 4 is 28.5 Å². The van der Waals surface area contributed by atoms with Crippen LogP contribution in [0.2, 0.25) is 0 Å². The van der Waals surface area contributed by atoms with Crippen molar-refractivity contribution in [1.29, 1.82) is 0 Å². The molecule has 2 N–H and O–H groups in total. The highest BCUT2D eigenvalue weighted by atomic mass is 16.5. The van der Waals surface area contributed by atoms with Gasteiger partial charge in [0.15, 0.2) is 0 Å². The van der Waals surface area contributed by atoms with E-state index in [0.29, 0.717) is 61.1 Å². The number of carboxylic acids is 1. The van der Waals surface area contributed by atoms with Crippen LogP contribution in [0.3, 0.4) is 0 Å². The van der Waals surface area contributed by atoms with Crippen LogP contribution >= 0.6 is 0 Å². The highest BCUT2D eigenvalue weighted by Gasteiger charge is 2.25. The third-order valence-electron chi connectivity index (χ3n) is 8.59. The second-order valence-corrected chi connectivity index (χ2v) is 11.6. The Morgan fingerprint density at radius 3 is 2.38 bits per heavy atom. The van der Waals surface area contributed by atoms with E-state index in [-0.39, 0.29) is 31.2 Å². The fourth-order valence-corrected chi connectivity index (χ4v) is 5.81. The molecule has 0 saturated carbocycles. The van der Waals surface area contributed by atoms with Gasteiger partial charge in [-0.2, -0.15) is 0 Å². The van der Waals surface area contributed by atoms with Crippen molar-refractivity contribution in [3.05, 3.63) is 81.5 Å². The van der Waals surface area contributed by atoms with Crippen LogP contribution in [0, 0.1) is 0 Å². The lowest BCUT2D eigenvalue weighted by Crippen LogP contribution is -2.40. The van der Waals surface area contributed by atoms with Crippen molar-refractivity contribution in [3.63, 3.8) is 0 Å². The molecule has 2 saturated heterocycles. The minimum absolute atomic E-state index is 0.100. The smallest absolute Gasteiger partial charge is 0.336 e. The average Bonchev–Trinajstić information content (AvgIpc) is 3.03. The predicted molar refractivity (Wildman–Crippen MR) is 180 cm³/mol. The Balaban J connectivity index is 1.19. The Kier molecular flexibility index (Phi) is 10.8. The summed E-state index contributed by atoms with van der Waals surface area (Å²) >= 11 is 0. The fourth-order valence-electron chi connectivity index (χ4n) is 5.81. The van der Waals surface area contributed by atoms with Crippen molar-refractivity contribution in [2.24, 2.45) is 5.11 Å². The molecule has 48 heavy (non-hydrogen) atoms. The highest BCUT2D eigenvalue weighted by Crippen LogP contribution is 2.42. The van der Waals surface area contributed by atoms with Crippen LogP contribution in [0.1, 0.15) is 33.6 Å². The molecule has 13 nitrogen and oxygen atoms in total. The Labute approximate surface area is 277 Å². The number of hydrogen-bond donors (Lipinski definition) is 2. The zero-order valence-corrected chi connectivity index (χ0v) is 26.7.